The molecule has 0 bridgehead atoms. The van der Waals surface area contributed by atoms with Crippen molar-refractivity contribution in [3.63, 3.8) is 0 Å². The first kappa shape index (κ1) is 20.1. The second kappa shape index (κ2) is 8.47. The van der Waals surface area contributed by atoms with Crippen LogP contribution in [0.15, 0.2) is 42.5 Å². The fourth-order valence-electron chi connectivity index (χ4n) is 2.89. The van der Waals surface area contributed by atoms with Crippen molar-refractivity contribution in [1.29, 1.82) is 0 Å². The largest absolute Gasteiger partial charge is 0.308 e. The van der Waals surface area contributed by atoms with Gasteiger partial charge in [-0.15, -0.1) is 12.4 Å². The second-order valence-corrected chi connectivity index (χ2v) is 8.03. The molecule has 1 aliphatic heterocycles. The normalized spacial score (nSPS) is 16.8. The molecule has 0 amide bonds. The summed E-state index contributed by atoms with van der Waals surface area (Å²) in [5, 5.41) is 3.25. The van der Waals surface area contributed by atoms with E-state index in [1.165, 1.54) is 23.8 Å². The molecule has 0 aromatic heterocycles. The van der Waals surface area contributed by atoms with Crippen molar-refractivity contribution in [2.45, 2.75) is 18.2 Å². The van der Waals surface area contributed by atoms with E-state index in [2.05, 4.69) is 16.1 Å². The number of hydrogen-bond acceptors (Lipinski definition) is 3. The number of halogens is 3. The molecule has 25 heavy (non-hydrogen) atoms. The van der Waals surface area contributed by atoms with E-state index in [-0.39, 0.29) is 35.8 Å². The average Bonchev–Trinajstić information content (AvgIpc) is 2.56. The molecule has 1 atom stereocenters. The molecular weight excluding hydrogens is 386 g/mol. The molecule has 1 heterocycles. The Labute approximate surface area is 158 Å². The first-order valence-corrected chi connectivity index (χ1v) is 9.70. The maximum absolute atomic E-state index is 13.2. The summed E-state index contributed by atoms with van der Waals surface area (Å²) in [6.45, 7) is 1.09. The lowest BCUT2D eigenvalue weighted by Crippen LogP contribution is -2.39. The minimum Gasteiger partial charge on any atom is -0.308 e. The molecular formula is C17H19Cl2FN2O2S. The smallest absolute Gasteiger partial charge is 0.215 e. The van der Waals surface area contributed by atoms with E-state index in [0.717, 1.165) is 18.5 Å². The first-order valence-electron chi connectivity index (χ1n) is 7.67. The molecule has 0 saturated heterocycles. The van der Waals surface area contributed by atoms with Crippen LogP contribution in [0.1, 0.15) is 22.7 Å². The third-order valence-corrected chi connectivity index (χ3v) is 5.67. The van der Waals surface area contributed by atoms with Crippen LogP contribution in [0.2, 0.25) is 5.02 Å². The van der Waals surface area contributed by atoms with Crippen LogP contribution in [0.4, 0.5) is 4.39 Å². The molecule has 4 nitrogen and oxygen atoms in total. The van der Waals surface area contributed by atoms with Crippen LogP contribution in [0.25, 0.3) is 0 Å². The molecule has 8 heteroatoms. The van der Waals surface area contributed by atoms with Crippen LogP contribution < -0.4 is 10.0 Å². The van der Waals surface area contributed by atoms with Gasteiger partial charge >= 0.3 is 0 Å². The zero-order chi connectivity index (χ0) is 17.2. The maximum Gasteiger partial charge on any atom is 0.215 e. The van der Waals surface area contributed by atoms with E-state index in [4.69, 9.17) is 11.6 Å². The highest BCUT2D eigenvalue weighted by atomic mass is 35.5. The summed E-state index contributed by atoms with van der Waals surface area (Å²) in [7, 11) is -3.54. The summed E-state index contributed by atoms with van der Waals surface area (Å²) in [6.07, 6.45) is 0.938. The quantitative estimate of drug-likeness (QED) is 0.803. The summed E-state index contributed by atoms with van der Waals surface area (Å²) in [5.74, 6) is -0.796. The Morgan fingerprint density at radius 2 is 2.00 bits per heavy atom. The van der Waals surface area contributed by atoms with Crippen LogP contribution in [-0.2, 0) is 22.2 Å². The number of fused-ring (bicyclic) bond motifs is 1. The lowest BCUT2D eigenvalue weighted by molar-refractivity contribution is 0.491. The third kappa shape index (κ3) is 5.15. The summed E-state index contributed by atoms with van der Waals surface area (Å²) >= 11 is 5.70. The van der Waals surface area contributed by atoms with Gasteiger partial charge in [0, 0.05) is 12.6 Å². The van der Waals surface area contributed by atoms with Crippen LogP contribution in [0, 0.1) is 5.82 Å². The minimum absolute atomic E-state index is 0. The van der Waals surface area contributed by atoms with Gasteiger partial charge in [-0.1, -0.05) is 41.9 Å². The van der Waals surface area contributed by atoms with E-state index in [0.29, 0.717) is 5.56 Å². The van der Waals surface area contributed by atoms with Gasteiger partial charge in [0.25, 0.3) is 0 Å². The number of sulfonamides is 1. The van der Waals surface area contributed by atoms with Crippen LogP contribution >= 0.6 is 24.0 Å². The Morgan fingerprint density at radius 1 is 1.24 bits per heavy atom. The van der Waals surface area contributed by atoms with Gasteiger partial charge in [-0.3, -0.25) is 0 Å². The van der Waals surface area contributed by atoms with Crippen molar-refractivity contribution in [2.75, 3.05) is 13.1 Å². The van der Waals surface area contributed by atoms with Gasteiger partial charge in [-0.25, -0.2) is 17.5 Å². The Hall–Kier alpha value is -1.18. The van der Waals surface area contributed by atoms with Gasteiger partial charge in [-0.2, -0.15) is 0 Å². The zero-order valence-corrected chi connectivity index (χ0v) is 15.7. The summed E-state index contributed by atoms with van der Waals surface area (Å²) in [5.41, 5.74) is 2.81. The summed E-state index contributed by atoms with van der Waals surface area (Å²) < 4.78 is 40.3. The minimum atomic E-state index is -3.54. The third-order valence-electron chi connectivity index (χ3n) is 4.06. The highest BCUT2D eigenvalue weighted by Crippen LogP contribution is 2.22. The van der Waals surface area contributed by atoms with Crippen LogP contribution in [-0.4, -0.2) is 21.5 Å². The topological polar surface area (TPSA) is 58.2 Å². The van der Waals surface area contributed by atoms with Gasteiger partial charge < -0.3 is 5.32 Å². The van der Waals surface area contributed by atoms with Gasteiger partial charge in [0.1, 0.15) is 5.82 Å². The molecule has 0 fully saturated rings. The highest BCUT2D eigenvalue weighted by Gasteiger charge is 2.21. The lowest BCUT2D eigenvalue weighted by Gasteiger charge is -2.27. The van der Waals surface area contributed by atoms with Crippen molar-refractivity contribution in [3.8, 4) is 0 Å². The number of benzene rings is 2. The van der Waals surface area contributed by atoms with Crippen molar-refractivity contribution in [1.82, 2.24) is 10.0 Å². The SMILES string of the molecule is Cl.O=S(=O)(Cc1ccc(F)c(Cl)c1)NCC1NCCc2ccccc21. The van der Waals surface area contributed by atoms with Gasteiger partial charge in [0.2, 0.25) is 10.0 Å². The van der Waals surface area contributed by atoms with Crippen LogP contribution in [0.5, 0.6) is 0 Å². The molecule has 0 radical (unpaired) electrons. The standard InChI is InChI=1S/C17H18ClFN2O2S.ClH/c18-15-9-12(5-6-16(15)19)11-24(22,23)21-10-17-14-4-2-1-3-13(14)7-8-20-17;/h1-6,9,17,20-21H,7-8,10-11H2;1H. The number of hydrogen-bond donors (Lipinski definition) is 2. The molecule has 1 unspecified atom stereocenters. The molecule has 0 aliphatic carbocycles. The van der Waals surface area contributed by atoms with E-state index >= 15 is 0 Å². The molecule has 136 valence electrons. The summed E-state index contributed by atoms with van der Waals surface area (Å²) in [4.78, 5) is 0. The monoisotopic (exact) mass is 404 g/mol. The van der Waals surface area contributed by atoms with Gasteiger partial charge in [0.05, 0.1) is 10.8 Å². The molecule has 0 spiro atoms. The summed E-state index contributed by atoms with van der Waals surface area (Å²) in [6, 6.07) is 11.9. The van der Waals surface area contributed by atoms with Gasteiger partial charge in [0.15, 0.2) is 0 Å². The fourth-order valence-corrected chi connectivity index (χ4v) is 4.23. The van der Waals surface area contributed by atoms with E-state index < -0.39 is 15.8 Å². The molecule has 3 rings (SSSR count). The molecule has 2 aromatic rings. The van der Waals surface area contributed by atoms with Crippen molar-refractivity contribution < 1.29 is 12.8 Å². The fraction of sp³-hybridized carbons (Fsp3) is 0.294. The average molecular weight is 405 g/mol. The predicted molar refractivity (Wildman–Crippen MR) is 100 cm³/mol. The Morgan fingerprint density at radius 3 is 2.76 bits per heavy atom. The Kier molecular flexibility index (Phi) is 6.82. The van der Waals surface area contributed by atoms with Gasteiger partial charge in [-0.05, 0) is 41.8 Å². The highest BCUT2D eigenvalue weighted by molar-refractivity contribution is 7.88. The van der Waals surface area contributed by atoms with E-state index in [1.54, 1.807) is 0 Å². The molecule has 2 aromatic carbocycles. The zero-order valence-electron chi connectivity index (χ0n) is 13.3. The first-order chi connectivity index (χ1) is 11.4. The Bertz CT molecular complexity index is 846. The van der Waals surface area contributed by atoms with E-state index in [1.807, 2.05) is 18.2 Å². The lowest BCUT2D eigenvalue weighted by atomic mass is 9.95. The second-order valence-electron chi connectivity index (χ2n) is 5.81. The Balaban J connectivity index is 0.00000225. The van der Waals surface area contributed by atoms with Crippen molar-refractivity contribution in [3.05, 3.63) is 70.0 Å². The maximum atomic E-state index is 13.2. The molecule has 2 N–H and O–H groups in total. The predicted octanol–water partition coefficient (Wildman–Crippen LogP) is 3.21. The number of rotatable bonds is 5. The van der Waals surface area contributed by atoms with Crippen molar-refractivity contribution >= 4 is 34.0 Å². The molecule has 0 saturated carbocycles. The van der Waals surface area contributed by atoms with Crippen molar-refractivity contribution in [2.24, 2.45) is 0 Å². The van der Waals surface area contributed by atoms with E-state index in [9.17, 15) is 12.8 Å². The number of nitrogens with one attached hydrogen (secondary N) is 2. The van der Waals surface area contributed by atoms with Crippen LogP contribution in [0.3, 0.4) is 0 Å². The molecule has 1 aliphatic rings.